The second-order valence-electron chi connectivity index (χ2n) is 7.28. The van der Waals surface area contributed by atoms with Crippen LogP contribution in [-0.2, 0) is 44.5 Å². The highest BCUT2D eigenvalue weighted by atomic mass is 32.5. The van der Waals surface area contributed by atoms with Gasteiger partial charge in [0.2, 0.25) is 11.3 Å². The minimum atomic E-state index is -3.35. The van der Waals surface area contributed by atoms with Crippen LogP contribution in [0.5, 0.6) is 0 Å². The van der Waals surface area contributed by atoms with Crippen molar-refractivity contribution in [1.82, 2.24) is 4.98 Å². The number of oxime groups is 1. The van der Waals surface area contributed by atoms with E-state index >= 15 is 0 Å². The number of anilines is 1. The van der Waals surface area contributed by atoms with E-state index in [1.165, 1.54) is 19.2 Å². The fourth-order valence-corrected chi connectivity index (χ4v) is 4.22. The van der Waals surface area contributed by atoms with Crippen LogP contribution < -0.4 is 5.73 Å². The summed E-state index contributed by atoms with van der Waals surface area (Å²) in [5.74, 6) is -1.65. The summed E-state index contributed by atoms with van der Waals surface area (Å²) in [6.45, 7) is 8.46. The van der Waals surface area contributed by atoms with Crippen LogP contribution in [0.1, 0.15) is 54.2 Å². The lowest BCUT2D eigenvalue weighted by molar-refractivity contribution is -0.179. The third-order valence-electron chi connectivity index (χ3n) is 2.98. The Bertz CT molecular complexity index is 824. The van der Waals surface area contributed by atoms with Gasteiger partial charge < -0.3 is 19.8 Å². The zero-order valence-corrected chi connectivity index (χ0v) is 20.6. The van der Waals surface area contributed by atoms with E-state index < -0.39 is 29.9 Å². The zero-order valence-electron chi connectivity index (χ0n) is 18.1. The summed E-state index contributed by atoms with van der Waals surface area (Å²) in [5, 5.41) is 5.51. The third-order valence-corrected chi connectivity index (χ3v) is 6.05. The molecule has 0 fully saturated rings. The van der Waals surface area contributed by atoms with Crippen LogP contribution in [0, 0.1) is 0 Å². The second kappa shape index (κ2) is 10.6. The van der Waals surface area contributed by atoms with Gasteiger partial charge in [-0.1, -0.05) is 5.16 Å². The quantitative estimate of drug-likeness (QED) is 0.229. The Morgan fingerprint density at radius 2 is 1.77 bits per heavy atom. The topological polar surface area (TPSA) is 132 Å². The van der Waals surface area contributed by atoms with E-state index in [9.17, 15) is 9.59 Å². The van der Waals surface area contributed by atoms with Gasteiger partial charge in [-0.3, -0.25) is 9.05 Å². The van der Waals surface area contributed by atoms with Crippen LogP contribution in [-0.4, -0.2) is 47.1 Å². The van der Waals surface area contributed by atoms with Gasteiger partial charge in [-0.25, -0.2) is 14.6 Å². The number of carbonyl (C=O) groups excluding carboxylic acids is 2. The van der Waals surface area contributed by atoms with Crippen LogP contribution in [0.4, 0.5) is 5.13 Å². The van der Waals surface area contributed by atoms with E-state index in [2.05, 4.69) is 10.1 Å². The number of nitrogens with two attached hydrogens (primary N) is 1. The normalized spacial score (nSPS) is 13.1. The first-order valence-corrected chi connectivity index (χ1v) is 12.5. The molecule has 1 rings (SSSR count). The Balaban J connectivity index is 3.19. The highest BCUT2D eigenvalue weighted by molar-refractivity contribution is 8.07. The lowest BCUT2D eigenvalue weighted by Gasteiger charge is -2.27. The summed E-state index contributed by atoms with van der Waals surface area (Å²) in [4.78, 5) is 34.6. The van der Waals surface area contributed by atoms with E-state index in [1.807, 2.05) is 0 Å². The molecule has 0 amide bonds. The predicted octanol–water partition coefficient (Wildman–Crippen LogP) is 3.41. The summed E-state index contributed by atoms with van der Waals surface area (Å²) >= 11 is 6.31. The third kappa shape index (κ3) is 8.27. The molecule has 170 valence electrons. The molecule has 1 heterocycles. The first kappa shape index (κ1) is 26.4. The monoisotopic (exact) mass is 481 g/mol. The maximum Gasteiger partial charge on any atom is 0.383 e. The number of thiazole rings is 1. The van der Waals surface area contributed by atoms with Gasteiger partial charge in [-0.15, -0.1) is 11.3 Å². The van der Waals surface area contributed by atoms with Crippen LogP contribution in [0.2, 0.25) is 0 Å². The van der Waals surface area contributed by atoms with Crippen molar-refractivity contribution < 1.29 is 32.7 Å². The zero-order chi connectivity index (χ0) is 23.2. The van der Waals surface area contributed by atoms with Crippen molar-refractivity contribution in [3.63, 3.8) is 0 Å². The standard InChI is InChI=1S/C17H28N3O7PS2/c1-8-23-28(29,24-9-2)26-13(21)12(11-10-30-15(18)19-11)20-27-17(6,7)14(22)25-16(3,4)5/h10H,8-9H2,1-7H3,(H2,18,19)/b20-12+. The number of carbonyl (C=O) groups is 2. The number of esters is 1. The molecule has 2 N–H and O–H groups in total. The van der Waals surface area contributed by atoms with Gasteiger partial charge in [0.15, 0.2) is 5.13 Å². The fraction of sp³-hybridized carbons (Fsp3) is 0.647. The minimum Gasteiger partial charge on any atom is -0.457 e. The molecule has 0 spiro atoms. The molecule has 1 aromatic rings. The average molecular weight is 482 g/mol. The summed E-state index contributed by atoms with van der Waals surface area (Å²) in [6, 6.07) is 0. The first-order chi connectivity index (χ1) is 13.7. The van der Waals surface area contributed by atoms with E-state index in [0.717, 1.165) is 11.3 Å². The van der Waals surface area contributed by atoms with Crippen molar-refractivity contribution in [2.75, 3.05) is 18.9 Å². The molecular weight excluding hydrogens is 453 g/mol. The van der Waals surface area contributed by atoms with Gasteiger partial charge in [-0.2, -0.15) is 0 Å². The first-order valence-electron chi connectivity index (χ1n) is 9.07. The number of nitrogen functional groups attached to an aromatic ring is 1. The van der Waals surface area contributed by atoms with Crippen LogP contribution >= 0.6 is 18.1 Å². The Labute approximate surface area is 185 Å². The molecule has 30 heavy (non-hydrogen) atoms. The van der Waals surface area contributed by atoms with Gasteiger partial charge in [0.25, 0.3) is 0 Å². The van der Waals surface area contributed by atoms with Gasteiger partial charge >= 0.3 is 18.7 Å². The molecule has 0 atom stereocenters. The van der Waals surface area contributed by atoms with E-state index in [-0.39, 0.29) is 29.8 Å². The van der Waals surface area contributed by atoms with Crippen molar-refractivity contribution in [2.45, 2.75) is 59.7 Å². The molecule has 0 aliphatic carbocycles. The van der Waals surface area contributed by atoms with Gasteiger partial charge in [-0.05, 0) is 48.5 Å². The van der Waals surface area contributed by atoms with Crippen LogP contribution in [0.25, 0.3) is 0 Å². The maximum atomic E-state index is 12.8. The second-order valence-corrected chi connectivity index (χ2v) is 11.1. The number of hydrogen-bond acceptors (Lipinski definition) is 12. The van der Waals surface area contributed by atoms with Crippen molar-refractivity contribution in [2.24, 2.45) is 5.16 Å². The summed E-state index contributed by atoms with van der Waals surface area (Å²) < 4.78 is 21.2. The van der Waals surface area contributed by atoms with Crippen LogP contribution in [0.15, 0.2) is 10.5 Å². The number of ether oxygens (including phenoxy) is 1. The Morgan fingerprint density at radius 1 is 1.20 bits per heavy atom. The predicted molar refractivity (Wildman–Crippen MR) is 118 cm³/mol. The molecule has 13 heteroatoms. The number of rotatable bonds is 10. The number of aromatic nitrogens is 1. The Hall–Kier alpha value is -1.59. The molecule has 1 aromatic heterocycles. The van der Waals surface area contributed by atoms with Gasteiger partial charge in [0.1, 0.15) is 11.3 Å². The maximum absolute atomic E-state index is 12.8. The van der Waals surface area contributed by atoms with E-state index in [1.54, 1.807) is 34.6 Å². The SMILES string of the molecule is CCOP(=S)(OCC)OC(=O)/C(=N/OC(C)(C)C(=O)OC(C)(C)C)c1csc(N)n1. The summed E-state index contributed by atoms with van der Waals surface area (Å²) in [5.41, 5.74) is 3.19. The van der Waals surface area contributed by atoms with Crippen molar-refractivity contribution >= 4 is 52.6 Å². The highest BCUT2D eigenvalue weighted by Gasteiger charge is 2.37. The Morgan fingerprint density at radius 3 is 2.20 bits per heavy atom. The van der Waals surface area contributed by atoms with Crippen molar-refractivity contribution in [3.05, 3.63) is 11.1 Å². The van der Waals surface area contributed by atoms with E-state index in [0.29, 0.717) is 0 Å². The molecule has 0 radical (unpaired) electrons. The van der Waals surface area contributed by atoms with Gasteiger partial charge in [0, 0.05) is 17.2 Å². The number of nitrogens with zero attached hydrogens (tertiary/aromatic N) is 2. The molecule has 0 aliphatic heterocycles. The van der Waals surface area contributed by atoms with E-state index in [4.69, 9.17) is 40.7 Å². The molecule has 0 aliphatic rings. The average Bonchev–Trinajstić information content (AvgIpc) is 2.99. The Kier molecular flexibility index (Phi) is 9.37. The molecule has 10 nitrogen and oxygen atoms in total. The van der Waals surface area contributed by atoms with Crippen molar-refractivity contribution in [3.8, 4) is 0 Å². The van der Waals surface area contributed by atoms with Crippen molar-refractivity contribution in [1.29, 1.82) is 0 Å². The lowest BCUT2D eigenvalue weighted by atomic mass is 10.1. The largest absolute Gasteiger partial charge is 0.457 e. The minimum absolute atomic E-state index is 0.0945. The fourth-order valence-electron chi connectivity index (χ4n) is 1.73. The summed E-state index contributed by atoms with van der Waals surface area (Å²) in [7, 11) is 0. The number of hydrogen-bond donors (Lipinski definition) is 1. The summed E-state index contributed by atoms with van der Waals surface area (Å²) in [6.07, 6.45) is 0. The molecule has 0 saturated heterocycles. The smallest absolute Gasteiger partial charge is 0.383 e. The lowest BCUT2D eigenvalue weighted by Crippen LogP contribution is -2.40. The molecule has 0 bridgehead atoms. The highest BCUT2D eigenvalue weighted by Crippen LogP contribution is 2.50. The molecule has 0 aromatic carbocycles. The van der Waals surface area contributed by atoms with Crippen LogP contribution in [0.3, 0.4) is 0 Å². The van der Waals surface area contributed by atoms with Gasteiger partial charge in [0.05, 0.1) is 13.2 Å². The molecule has 0 saturated carbocycles. The molecule has 0 unspecified atom stereocenters. The molecular formula is C17H28N3O7PS2.